The Morgan fingerprint density at radius 3 is 2.70 bits per heavy atom. The molecule has 0 aliphatic heterocycles. The molecule has 9 heteroatoms. The van der Waals surface area contributed by atoms with Crippen LogP contribution in [0.25, 0.3) is 0 Å². The van der Waals surface area contributed by atoms with Crippen molar-refractivity contribution in [3.63, 3.8) is 0 Å². The normalized spacial score (nSPS) is 11.2. The number of nitrogens with zero attached hydrogens (tertiary/aromatic N) is 3. The zero-order valence-electron chi connectivity index (χ0n) is 12.5. The summed E-state index contributed by atoms with van der Waals surface area (Å²) in [5.41, 5.74) is 2.69. The monoisotopic (exact) mass is 355 g/mol. The molecule has 0 aliphatic carbocycles. The number of anilines is 1. The first-order chi connectivity index (χ1) is 11.0. The fourth-order valence-electron chi connectivity index (χ4n) is 1.58. The van der Waals surface area contributed by atoms with Crippen LogP contribution < -0.4 is 15.9 Å². The van der Waals surface area contributed by atoms with Crippen LogP contribution >= 0.6 is 23.2 Å². The van der Waals surface area contributed by atoms with Crippen molar-refractivity contribution in [1.29, 1.82) is 0 Å². The Morgan fingerprint density at radius 2 is 2.09 bits per heavy atom. The van der Waals surface area contributed by atoms with Crippen molar-refractivity contribution in [3.8, 4) is 5.75 Å². The van der Waals surface area contributed by atoms with Crippen molar-refractivity contribution in [2.45, 2.75) is 13.8 Å². The Bertz CT molecular complexity index is 738. The van der Waals surface area contributed by atoms with Gasteiger partial charge in [-0.2, -0.15) is 15.2 Å². The molecule has 0 saturated heterocycles. The lowest BCUT2D eigenvalue weighted by atomic mass is 10.2. The van der Waals surface area contributed by atoms with E-state index in [4.69, 9.17) is 27.9 Å². The SMILES string of the molecule is CC(C)COc1c(Cl)cc(/C=N/Nc2cn[nH]c(=O)n2)cc1Cl. The van der Waals surface area contributed by atoms with Crippen LogP contribution in [0, 0.1) is 5.92 Å². The number of aromatic amines is 1. The standard InChI is InChI=1S/C14H15Cl2N5O2/c1-8(2)7-23-13-10(15)3-9(4-11(13)16)5-17-20-12-6-18-21-14(22)19-12/h3-6,8H,7H2,1-2H3,(H2,19,20,21,22)/b17-5+. The highest BCUT2D eigenvalue weighted by Gasteiger charge is 2.10. The van der Waals surface area contributed by atoms with E-state index in [1.54, 1.807) is 12.1 Å². The van der Waals surface area contributed by atoms with E-state index in [-0.39, 0.29) is 5.82 Å². The first kappa shape index (κ1) is 17.2. The maximum absolute atomic E-state index is 11.0. The van der Waals surface area contributed by atoms with Crippen molar-refractivity contribution in [1.82, 2.24) is 15.2 Å². The molecule has 1 aromatic carbocycles. The summed E-state index contributed by atoms with van der Waals surface area (Å²) >= 11 is 12.4. The van der Waals surface area contributed by atoms with E-state index in [1.165, 1.54) is 12.4 Å². The lowest BCUT2D eigenvalue weighted by Crippen LogP contribution is -2.13. The van der Waals surface area contributed by atoms with Gasteiger partial charge in [-0.1, -0.05) is 37.0 Å². The van der Waals surface area contributed by atoms with Gasteiger partial charge in [0.05, 0.1) is 29.1 Å². The molecule has 0 amide bonds. The molecule has 1 aromatic heterocycles. The lowest BCUT2D eigenvalue weighted by molar-refractivity contribution is 0.271. The van der Waals surface area contributed by atoms with Gasteiger partial charge in [0.15, 0.2) is 11.6 Å². The van der Waals surface area contributed by atoms with Gasteiger partial charge in [0.2, 0.25) is 0 Å². The van der Waals surface area contributed by atoms with Crippen LogP contribution in [0.5, 0.6) is 5.75 Å². The fraction of sp³-hybridized carbons (Fsp3) is 0.286. The summed E-state index contributed by atoms with van der Waals surface area (Å²) < 4.78 is 5.59. The number of benzene rings is 1. The van der Waals surface area contributed by atoms with Gasteiger partial charge in [-0.15, -0.1) is 0 Å². The Kier molecular flexibility index (Phi) is 5.95. The summed E-state index contributed by atoms with van der Waals surface area (Å²) in [5.74, 6) is 1.04. The topological polar surface area (TPSA) is 92.3 Å². The van der Waals surface area contributed by atoms with Gasteiger partial charge in [0, 0.05) is 0 Å². The van der Waals surface area contributed by atoms with Gasteiger partial charge in [0.1, 0.15) is 0 Å². The molecule has 2 aromatic rings. The molecule has 23 heavy (non-hydrogen) atoms. The predicted molar refractivity (Wildman–Crippen MR) is 90.7 cm³/mol. The smallest absolute Gasteiger partial charge is 0.363 e. The lowest BCUT2D eigenvalue weighted by Gasteiger charge is -2.12. The molecule has 0 radical (unpaired) electrons. The van der Waals surface area contributed by atoms with Gasteiger partial charge in [-0.25, -0.2) is 9.89 Å². The van der Waals surface area contributed by atoms with Crippen LogP contribution in [0.3, 0.4) is 0 Å². The number of H-pyrrole nitrogens is 1. The van der Waals surface area contributed by atoms with Crippen molar-refractivity contribution in [2.24, 2.45) is 11.0 Å². The summed E-state index contributed by atoms with van der Waals surface area (Å²) in [5, 5.41) is 10.5. The zero-order valence-corrected chi connectivity index (χ0v) is 14.0. The summed E-state index contributed by atoms with van der Waals surface area (Å²) in [4.78, 5) is 14.6. The van der Waals surface area contributed by atoms with E-state index in [9.17, 15) is 4.79 Å². The van der Waals surface area contributed by atoms with Crippen LogP contribution in [0.4, 0.5) is 5.82 Å². The van der Waals surface area contributed by atoms with E-state index in [2.05, 4.69) is 25.7 Å². The van der Waals surface area contributed by atoms with Gasteiger partial charge in [0.25, 0.3) is 0 Å². The van der Waals surface area contributed by atoms with Gasteiger partial charge >= 0.3 is 5.69 Å². The zero-order chi connectivity index (χ0) is 16.8. The second-order valence-corrected chi connectivity index (χ2v) is 5.88. The molecular formula is C14H15Cl2N5O2. The third-order valence-electron chi connectivity index (χ3n) is 2.54. The summed E-state index contributed by atoms with van der Waals surface area (Å²) in [7, 11) is 0. The van der Waals surface area contributed by atoms with Gasteiger partial charge in [-0.3, -0.25) is 5.43 Å². The molecular weight excluding hydrogens is 341 g/mol. The van der Waals surface area contributed by atoms with Crippen molar-refractivity contribution >= 4 is 35.2 Å². The van der Waals surface area contributed by atoms with E-state index < -0.39 is 5.69 Å². The number of nitrogens with one attached hydrogen (secondary N) is 2. The molecule has 122 valence electrons. The fourth-order valence-corrected chi connectivity index (χ4v) is 2.19. The summed E-state index contributed by atoms with van der Waals surface area (Å²) in [6.07, 6.45) is 2.83. The average molecular weight is 356 g/mol. The molecule has 0 unspecified atom stereocenters. The largest absolute Gasteiger partial charge is 0.490 e. The van der Waals surface area contributed by atoms with E-state index in [0.717, 1.165) is 0 Å². The number of ether oxygens (including phenoxy) is 1. The predicted octanol–water partition coefficient (Wildman–Crippen LogP) is 2.95. The van der Waals surface area contributed by atoms with Crippen LogP contribution in [-0.4, -0.2) is 28.0 Å². The number of aromatic nitrogens is 3. The highest BCUT2D eigenvalue weighted by molar-refractivity contribution is 6.37. The van der Waals surface area contributed by atoms with Crippen molar-refractivity contribution < 1.29 is 4.74 Å². The van der Waals surface area contributed by atoms with Crippen LogP contribution in [-0.2, 0) is 0 Å². The Labute approximate surface area is 142 Å². The summed E-state index contributed by atoms with van der Waals surface area (Å²) in [6, 6.07) is 3.36. The van der Waals surface area contributed by atoms with E-state index >= 15 is 0 Å². The maximum atomic E-state index is 11.0. The van der Waals surface area contributed by atoms with Crippen molar-refractivity contribution in [2.75, 3.05) is 12.0 Å². The third-order valence-corrected chi connectivity index (χ3v) is 3.10. The Morgan fingerprint density at radius 1 is 1.39 bits per heavy atom. The minimum atomic E-state index is -0.567. The second kappa shape index (κ2) is 7.94. The number of halogens is 2. The van der Waals surface area contributed by atoms with Crippen LogP contribution in [0.1, 0.15) is 19.4 Å². The highest BCUT2D eigenvalue weighted by atomic mass is 35.5. The number of hydrogen-bond donors (Lipinski definition) is 2. The third kappa shape index (κ3) is 5.22. The molecule has 2 N–H and O–H groups in total. The molecule has 0 fully saturated rings. The molecule has 0 spiro atoms. The van der Waals surface area contributed by atoms with Crippen LogP contribution in [0.15, 0.2) is 28.2 Å². The molecule has 0 atom stereocenters. The minimum Gasteiger partial charge on any atom is -0.490 e. The Balaban J connectivity index is 2.08. The molecule has 1 heterocycles. The average Bonchev–Trinajstić information content (AvgIpc) is 2.46. The Hall–Kier alpha value is -2.12. The molecule has 0 bridgehead atoms. The number of rotatable bonds is 6. The van der Waals surface area contributed by atoms with Crippen LogP contribution in [0.2, 0.25) is 10.0 Å². The van der Waals surface area contributed by atoms with Gasteiger partial charge in [-0.05, 0) is 23.6 Å². The molecule has 0 saturated carbocycles. The highest BCUT2D eigenvalue weighted by Crippen LogP contribution is 2.34. The first-order valence-electron chi connectivity index (χ1n) is 6.78. The van der Waals surface area contributed by atoms with E-state index in [1.807, 2.05) is 13.8 Å². The second-order valence-electron chi connectivity index (χ2n) is 5.06. The first-order valence-corrected chi connectivity index (χ1v) is 7.54. The quantitative estimate of drug-likeness (QED) is 0.613. The maximum Gasteiger partial charge on any atom is 0.363 e. The number of hydrazone groups is 1. The van der Waals surface area contributed by atoms with Crippen molar-refractivity contribution in [3.05, 3.63) is 44.4 Å². The molecule has 2 rings (SSSR count). The minimum absolute atomic E-state index is 0.221. The molecule has 0 aliphatic rings. The number of hydrogen-bond acceptors (Lipinski definition) is 6. The summed E-state index contributed by atoms with van der Waals surface area (Å²) in [6.45, 7) is 4.59. The molecule has 7 nitrogen and oxygen atoms in total. The van der Waals surface area contributed by atoms with Gasteiger partial charge < -0.3 is 4.74 Å². The van der Waals surface area contributed by atoms with E-state index in [0.29, 0.717) is 33.9 Å².